The number of anilines is 1. The van der Waals surface area contributed by atoms with Gasteiger partial charge in [-0.3, -0.25) is 9.69 Å². The molecule has 7 rings (SSSR count). The van der Waals surface area contributed by atoms with Gasteiger partial charge in [-0.25, -0.2) is 22.6 Å². The van der Waals surface area contributed by atoms with Crippen molar-refractivity contribution in [2.75, 3.05) is 50.2 Å². The number of hydrogen-bond donors (Lipinski definition) is 1. The van der Waals surface area contributed by atoms with E-state index in [1.54, 1.807) is 24.0 Å². The maximum absolute atomic E-state index is 14.9. The molecule has 262 valence electrons. The van der Waals surface area contributed by atoms with Crippen LogP contribution in [0.3, 0.4) is 0 Å². The summed E-state index contributed by atoms with van der Waals surface area (Å²) in [5, 5.41) is 12.8. The van der Waals surface area contributed by atoms with Crippen molar-refractivity contribution in [1.29, 1.82) is 5.26 Å². The lowest BCUT2D eigenvalue weighted by atomic mass is 9.71. The molecule has 0 radical (unpaired) electrons. The smallest absolute Gasteiger partial charge is 0.318 e. The third-order valence-corrected chi connectivity index (χ3v) is 12.2. The lowest BCUT2D eigenvalue weighted by molar-refractivity contribution is -0.124. The maximum Gasteiger partial charge on any atom is 0.318 e. The van der Waals surface area contributed by atoms with E-state index in [2.05, 4.69) is 40.0 Å². The zero-order chi connectivity index (χ0) is 35.4. The summed E-state index contributed by atoms with van der Waals surface area (Å²) in [6, 6.07) is 14.0. The van der Waals surface area contributed by atoms with Crippen LogP contribution in [0.2, 0.25) is 0 Å². The van der Waals surface area contributed by atoms with Crippen molar-refractivity contribution in [3.05, 3.63) is 83.3 Å². The molecule has 3 fully saturated rings. The van der Waals surface area contributed by atoms with Gasteiger partial charge in [0.25, 0.3) is 15.9 Å². The van der Waals surface area contributed by atoms with Gasteiger partial charge in [0.2, 0.25) is 5.88 Å². The molecule has 12 nitrogen and oxygen atoms in total. The molecule has 1 aromatic heterocycles. The Kier molecular flexibility index (Phi) is 8.56. The fourth-order valence-electron chi connectivity index (χ4n) is 7.97. The molecule has 4 aliphatic heterocycles. The molecular formula is C36H40FN7O5S. The molecule has 50 heavy (non-hydrogen) atoms. The predicted molar refractivity (Wildman–Crippen MR) is 182 cm³/mol. The van der Waals surface area contributed by atoms with Gasteiger partial charge in [-0.1, -0.05) is 0 Å². The van der Waals surface area contributed by atoms with E-state index in [4.69, 9.17) is 4.74 Å². The third kappa shape index (κ3) is 5.48. The van der Waals surface area contributed by atoms with Gasteiger partial charge in [-0.15, -0.1) is 0 Å². The van der Waals surface area contributed by atoms with Crippen LogP contribution in [0, 0.1) is 22.6 Å². The van der Waals surface area contributed by atoms with Crippen molar-refractivity contribution in [3.8, 4) is 11.9 Å². The van der Waals surface area contributed by atoms with Gasteiger partial charge >= 0.3 is 6.03 Å². The summed E-state index contributed by atoms with van der Waals surface area (Å²) >= 11 is 0. The molecule has 14 heteroatoms. The van der Waals surface area contributed by atoms with Crippen molar-refractivity contribution in [3.63, 3.8) is 0 Å². The molecule has 5 heterocycles. The molecule has 2 aromatic carbocycles. The van der Waals surface area contributed by atoms with Gasteiger partial charge in [0.05, 0.1) is 34.4 Å². The van der Waals surface area contributed by atoms with E-state index in [0.717, 1.165) is 63.3 Å². The van der Waals surface area contributed by atoms with Gasteiger partial charge in [-0.2, -0.15) is 9.57 Å². The number of nitriles is 1. The maximum atomic E-state index is 14.9. The summed E-state index contributed by atoms with van der Waals surface area (Å²) < 4.78 is 48.6. The first-order valence-electron chi connectivity index (χ1n) is 17.0. The number of nitrogens with zero attached hydrogens (tertiary/aromatic N) is 6. The molecule has 0 bridgehead atoms. The number of nitrogens with one attached hydrogen (secondary N) is 1. The van der Waals surface area contributed by atoms with E-state index < -0.39 is 33.3 Å². The first-order chi connectivity index (χ1) is 23.9. The van der Waals surface area contributed by atoms with Crippen molar-refractivity contribution in [2.24, 2.45) is 5.41 Å². The molecule has 1 spiro atoms. The number of sulfonamides is 1. The minimum absolute atomic E-state index is 0.0243. The highest BCUT2D eigenvalue weighted by molar-refractivity contribution is 7.93. The highest BCUT2D eigenvalue weighted by Crippen LogP contribution is 2.50. The summed E-state index contributed by atoms with van der Waals surface area (Å²) in [5.74, 6) is -1.63. The average Bonchev–Trinajstić information content (AvgIpc) is 3.31. The number of carbonyl (C=O) groups is 2. The topological polar surface area (TPSA) is 139 Å². The van der Waals surface area contributed by atoms with E-state index in [0.29, 0.717) is 29.5 Å². The minimum atomic E-state index is -4.63. The van der Waals surface area contributed by atoms with Gasteiger partial charge in [0, 0.05) is 55.4 Å². The van der Waals surface area contributed by atoms with Crippen LogP contribution in [0.25, 0.3) is 0 Å². The molecule has 0 aliphatic carbocycles. The number of benzene rings is 2. The van der Waals surface area contributed by atoms with Crippen molar-refractivity contribution in [1.82, 2.24) is 25.0 Å². The van der Waals surface area contributed by atoms with Crippen LogP contribution in [0.5, 0.6) is 5.88 Å². The zero-order valence-electron chi connectivity index (χ0n) is 28.3. The van der Waals surface area contributed by atoms with E-state index >= 15 is 0 Å². The number of ether oxygens (including phenoxy) is 1. The minimum Gasteiger partial charge on any atom is -0.478 e. The Balaban J connectivity index is 1.21. The standard InChI is InChI=1S/C36H40FN7O5S/c1-4-49-32-29(6-5-15-39-32)36(40-34(46)43-22-35(23-43)20-42(21-35)27-13-16-41(17-14-27)24(2)3)30-18-25(19-38)7-12-31(30)44(33(36)45)50(47,48)28-10-8-26(37)9-11-28/h5-12,15,18,24,27H,4,13-14,16-17,20-23H2,1-3H3,(H,40,46)/t36-/m1/s1. The quantitative estimate of drug-likeness (QED) is 0.373. The Bertz CT molecular complexity index is 1960. The normalized spacial score (nSPS) is 22.2. The summed E-state index contributed by atoms with van der Waals surface area (Å²) in [4.78, 5) is 39.8. The predicted octanol–water partition coefficient (Wildman–Crippen LogP) is 3.67. The summed E-state index contributed by atoms with van der Waals surface area (Å²) in [6.07, 6.45) is 3.72. The molecule has 3 amide bonds. The fourth-order valence-corrected chi connectivity index (χ4v) is 9.44. The number of likely N-dealkylation sites (tertiary alicyclic amines) is 3. The monoisotopic (exact) mass is 701 g/mol. The average molecular weight is 702 g/mol. The lowest BCUT2D eigenvalue weighted by Gasteiger charge is -2.62. The number of halogens is 1. The van der Waals surface area contributed by atoms with E-state index in [-0.39, 0.29) is 45.2 Å². The summed E-state index contributed by atoms with van der Waals surface area (Å²) in [6.45, 7) is 11.3. The molecule has 1 atom stereocenters. The number of pyridine rings is 1. The SMILES string of the molecule is CCOc1ncccc1[C@]1(NC(=O)N2CC3(C2)CN(C2CCN(C(C)C)CC2)C3)C(=O)N(S(=O)(=O)c2ccc(F)cc2)c2ccc(C#N)cc21. The van der Waals surface area contributed by atoms with Crippen molar-refractivity contribution in [2.45, 2.75) is 56.1 Å². The second kappa shape index (κ2) is 12.6. The highest BCUT2D eigenvalue weighted by Gasteiger charge is 2.61. The van der Waals surface area contributed by atoms with Crippen LogP contribution in [-0.4, -0.2) is 98.0 Å². The lowest BCUT2D eigenvalue weighted by Crippen LogP contribution is -2.76. The van der Waals surface area contributed by atoms with Crippen LogP contribution in [-0.2, 0) is 20.4 Å². The molecule has 0 unspecified atom stereocenters. The molecule has 3 aromatic rings. The first kappa shape index (κ1) is 33.9. The Morgan fingerprint density at radius 2 is 1.78 bits per heavy atom. The van der Waals surface area contributed by atoms with Crippen molar-refractivity contribution < 1.29 is 27.1 Å². The third-order valence-electron chi connectivity index (χ3n) is 10.5. The summed E-state index contributed by atoms with van der Waals surface area (Å²) in [7, 11) is -4.63. The Morgan fingerprint density at radius 1 is 1.08 bits per heavy atom. The summed E-state index contributed by atoms with van der Waals surface area (Å²) in [5.41, 5.74) is -1.88. The number of hydrogen-bond acceptors (Lipinski definition) is 9. The van der Waals surface area contributed by atoms with Gasteiger partial charge in [0.1, 0.15) is 5.82 Å². The zero-order valence-corrected chi connectivity index (χ0v) is 29.1. The molecule has 1 N–H and O–H groups in total. The number of piperidine rings is 1. The molecular weight excluding hydrogens is 662 g/mol. The van der Waals surface area contributed by atoms with Gasteiger partial charge in [0.15, 0.2) is 5.54 Å². The number of fused-ring (bicyclic) bond motifs is 1. The number of amides is 3. The largest absolute Gasteiger partial charge is 0.478 e. The number of aromatic nitrogens is 1. The van der Waals surface area contributed by atoms with Gasteiger partial charge < -0.3 is 19.9 Å². The Morgan fingerprint density at radius 3 is 2.42 bits per heavy atom. The Hall–Kier alpha value is -4.58. The number of urea groups is 1. The van der Waals surface area contributed by atoms with Crippen LogP contribution in [0.15, 0.2) is 65.7 Å². The second-order valence-electron chi connectivity index (χ2n) is 14.0. The fraction of sp³-hybridized carbons (Fsp3) is 0.444. The van der Waals surface area contributed by atoms with Crippen LogP contribution in [0.4, 0.5) is 14.9 Å². The molecule has 0 saturated carbocycles. The molecule has 3 saturated heterocycles. The highest BCUT2D eigenvalue weighted by atomic mass is 32.2. The van der Waals surface area contributed by atoms with Crippen molar-refractivity contribution >= 4 is 27.6 Å². The second-order valence-corrected chi connectivity index (χ2v) is 15.8. The van der Waals surface area contributed by atoms with E-state index in [1.807, 2.05) is 0 Å². The van der Waals surface area contributed by atoms with Crippen LogP contribution in [0.1, 0.15) is 50.3 Å². The van der Waals surface area contributed by atoms with E-state index in [1.165, 1.54) is 24.4 Å². The molecule has 4 aliphatic rings. The number of carbonyl (C=O) groups excluding carboxylic acids is 2. The first-order valence-corrected chi connectivity index (χ1v) is 18.4. The Labute approximate surface area is 291 Å². The van der Waals surface area contributed by atoms with Crippen LogP contribution >= 0.6 is 0 Å². The number of rotatable bonds is 8. The van der Waals surface area contributed by atoms with E-state index in [9.17, 15) is 27.7 Å². The van der Waals surface area contributed by atoms with Crippen LogP contribution < -0.4 is 14.4 Å². The van der Waals surface area contributed by atoms with Gasteiger partial charge in [-0.05, 0) is 101 Å².